The Labute approximate surface area is 127 Å². The van der Waals surface area contributed by atoms with Crippen molar-refractivity contribution in [3.8, 4) is 17.2 Å². The normalized spacial score (nSPS) is 10.4. The second-order valence-electron chi connectivity index (χ2n) is 4.62. The summed E-state index contributed by atoms with van der Waals surface area (Å²) in [7, 11) is 5.02. The Hall–Kier alpha value is -1.03. The maximum Gasteiger partial charge on any atom is 0.130 e. The summed E-state index contributed by atoms with van der Waals surface area (Å²) in [6.07, 6.45) is 5.21. The molecule has 0 N–H and O–H groups in total. The Morgan fingerprint density at radius 2 is 1.55 bits per heavy atom. The van der Waals surface area contributed by atoms with Gasteiger partial charge < -0.3 is 14.2 Å². The van der Waals surface area contributed by atoms with E-state index in [0.29, 0.717) is 0 Å². The van der Waals surface area contributed by atoms with Crippen LogP contribution in [0.25, 0.3) is 0 Å². The summed E-state index contributed by atoms with van der Waals surface area (Å²) in [6.45, 7) is 2.24. The molecule has 0 saturated heterocycles. The van der Waals surface area contributed by atoms with Gasteiger partial charge in [0.15, 0.2) is 0 Å². The minimum Gasteiger partial charge on any atom is -0.496 e. The Morgan fingerprint density at radius 1 is 0.900 bits per heavy atom. The summed E-state index contributed by atoms with van der Waals surface area (Å²) < 4.78 is 16.2. The number of ether oxygens (including phenoxy) is 3. The van der Waals surface area contributed by atoms with Gasteiger partial charge in [0, 0.05) is 23.4 Å². The summed E-state index contributed by atoms with van der Waals surface area (Å²) >= 11 is 1.93. The average Bonchev–Trinajstić information content (AvgIpc) is 2.50. The molecule has 4 heteroatoms. The third-order valence-electron chi connectivity index (χ3n) is 3.21. The average molecular weight is 298 g/mol. The molecule has 0 bridgehead atoms. The van der Waals surface area contributed by atoms with E-state index in [2.05, 4.69) is 6.92 Å². The van der Waals surface area contributed by atoms with Crippen molar-refractivity contribution in [2.24, 2.45) is 0 Å². The van der Waals surface area contributed by atoms with Crippen molar-refractivity contribution in [3.63, 3.8) is 0 Å². The second kappa shape index (κ2) is 9.81. The van der Waals surface area contributed by atoms with E-state index in [4.69, 9.17) is 14.2 Å². The number of unbranched alkanes of at least 4 members (excludes halogenated alkanes) is 3. The summed E-state index contributed by atoms with van der Waals surface area (Å²) in [6, 6.07) is 3.82. The lowest BCUT2D eigenvalue weighted by Crippen LogP contribution is -1.97. The van der Waals surface area contributed by atoms with Crippen LogP contribution in [0.3, 0.4) is 0 Å². The molecule has 0 radical (unpaired) electrons. The maximum atomic E-state index is 5.45. The van der Waals surface area contributed by atoms with Gasteiger partial charge in [-0.15, -0.1) is 0 Å². The first kappa shape index (κ1) is 17.0. The van der Waals surface area contributed by atoms with Crippen molar-refractivity contribution < 1.29 is 14.2 Å². The predicted octanol–water partition coefficient (Wildman–Crippen LogP) is 4.53. The first-order valence-electron chi connectivity index (χ1n) is 7.13. The van der Waals surface area contributed by atoms with E-state index >= 15 is 0 Å². The Bertz CT molecular complexity index is 368. The molecule has 0 heterocycles. The Kier molecular flexibility index (Phi) is 8.35. The highest BCUT2D eigenvalue weighted by Crippen LogP contribution is 2.36. The molecule has 114 valence electrons. The summed E-state index contributed by atoms with van der Waals surface area (Å²) in [5.74, 6) is 4.51. The van der Waals surface area contributed by atoms with E-state index in [1.54, 1.807) is 21.3 Å². The molecule has 0 aliphatic carbocycles. The molecule has 0 saturated carbocycles. The fraction of sp³-hybridized carbons (Fsp3) is 0.625. The Balaban J connectivity index is 2.63. The van der Waals surface area contributed by atoms with Crippen LogP contribution in [0.4, 0.5) is 0 Å². The molecule has 20 heavy (non-hydrogen) atoms. The highest BCUT2D eigenvalue weighted by molar-refractivity contribution is 7.98. The molecule has 0 atom stereocenters. The van der Waals surface area contributed by atoms with Crippen LogP contribution in [-0.2, 0) is 5.75 Å². The van der Waals surface area contributed by atoms with E-state index in [0.717, 1.165) is 28.6 Å². The van der Waals surface area contributed by atoms with Crippen LogP contribution < -0.4 is 14.2 Å². The van der Waals surface area contributed by atoms with Gasteiger partial charge in [0.25, 0.3) is 0 Å². The first-order valence-corrected chi connectivity index (χ1v) is 8.28. The smallest absolute Gasteiger partial charge is 0.130 e. The molecule has 1 rings (SSSR count). The number of thioether (sulfide) groups is 1. The second-order valence-corrected chi connectivity index (χ2v) is 5.73. The zero-order chi connectivity index (χ0) is 14.8. The minimum absolute atomic E-state index is 0.760. The van der Waals surface area contributed by atoms with Crippen LogP contribution >= 0.6 is 11.8 Å². The molecule has 0 fully saturated rings. The van der Waals surface area contributed by atoms with E-state index < -0.39 is 0 Å². The van der Waals surface area contributed by atoms with Crippen LogP contribution in [0.15, 0.2) is 12.1 Å². The van der Waals surface area contributed by atoms with Crippen molar-refractivity contribution in [3.05, 3.63) is 17.7 Å². The summed E-state index contributed by atoms with van der Waals surface area (Å²) in [4.78, 5) is 0. The molecule has 0 aromatic heterocycles. The van der Waals surface area contributed by atoms with Gasteiger partial charge in [-0.3, -0.25) is 0 Å². The standard InChI is InChI=1S/C16H26O3S/c1-5-6-7-8-9-20-12-14-15(18-3)10-13(17-2)11-16(14)19-4/h10-11H,5-9,12H2,1-4H3. The maximum absolute atomic E-state index is 5.45. The van der Waals surface area contributed by atoms with Crippen LogP contribution in [0.2, 0.25) is 0 Å². The number of rotatable bonds is 10. The number of methoxy groups -OCH3 is 3. The summed E-state index contributed by atoms with van der Waals surface area (Å²) in [5, 5.41) is 0. The van der Waals surface area contributed by atoms with Gasteiger partial charge in [-0.05, 0) is 12.2 Å². The molecule has 0 unspecified atom stereocenters. The topological polar surface area (TPSA) is 27.7 Å². The third kappa shape index (κ3) is 5.16. The van der Waals surface area contributed by atoms with Crippen LogP contribution in [0, 0.1) is 0 Å². The number of benzene rings is 1. The molecule has 3 nitrogen and oxygen atoms in total. The molecule has 0 amide bonds. The van der Waals surface area contributed by atoms with Gasteiger partial charge in [-0.2, -0.15) is 11.8 Å². The number of hydrogen-bond donors (Lipinski definition) is 0. The zero-order valence-corrected chi connectivity index (χ0v) is 13.8. The van der Waals surface area contributed by atoms with E-state index in [1.807, 2.05) is 23.9 Å². The lowest BCUT2D eigenvalue weighted by Gasteiger charge is -2.14. The van der Waals surface area contributed by atoms with Gasteiger partial charge in [-0.25, -0.2) is 0 Å². The van der Waals surface area contributed by atoms with Crippen LogP contribution in [0.5, 0.6) is 17.2 Å². The molecule has 1 aromatic rings. The highest BCUT2D eigenvalue weighted by atomic mass is 32.2. The first-order chi connectivity index (χ1) is 9.76. The lowest BCUT2D eigenvalue weighted by molar-refractivity contribution is 0.371. The van der Waals surface area contributed by atoms with Gasteiger partial charge >= 0.3 is 0 Å². The van der Waals surface area contributed by atoms with E-state index in [1.165, 1.54) is 31.4 Å². The SMILES string of the molecule is CCCCCCSCc1c(OC)cc(OC)cc1OC. The van der Waals surface area contributed by atoms with Crippen molar-refractivity contribution in [2.45, 2.75) is 38.4 Å². The fourth-order valence-electron chi connectivity index (χ4n) is 2.03. The van der Waals surface area contributed by atoms with Gasteiger partial charge in [-0.1, -0.05) is 26.2 Å². The zero-order valence-electron chi connectivity index (χ0n) is 13.0. The van der Waals surface area contributed by atoms with Gasteiger partial charge in [0.05, 0.1) is 21.3 Å². The molecular weight excluding hydrogens is 272 g/mol. The van der Waals surface area contributed by atoms with Crippen molar-refractivity contribution in [1.29, 1.82) is 0 Å². The van der Waals surface area contributed by atoms with Gasteiger partial charge in [0.2, 0.25) is 0 Å². The molecule has 0 aliphatic rings. The van der Waals surface area contributed by atoms with Crippen molar-refractivity contribution in [1.82, 2.24) is 0 Å². The van der Waals surface area contributed by atoms with Crippen molar-refractivity contribution >= 4 is 11.8 Å². The summed E-state index contributed by atoms with van der Waals surface area (Å²) in [5.41, 5.74) is 1.11. The molecule has 0 aliphatic heterocycles. The largest absolute Gasteiger partial charge is 0.496 e. The third-order valence-corrected chi connectivity index (χ3v) is 4.28. The minimum atomic E-state index is 0.760. The van der Waals surface area contributed by atoms with Crippen LogP contribution in [-0.4, -0.2) is 27.1 Å². The monoisotopic (exact) mass is 298 g/mol. The molecule has 0 spiro atoms. The van der Waals surface area contributed by atoms with E-state index in [9.17, 15) is 0 Å². The molecule has 1 aromatic carbocycles. The van der Waals surface area contributed by atoms with Gasteiger partial charge in [0.1, 0.15) is 17.2 Å². The van der Waals surface area contributed by atoms with Crippen LogP contribution in [0.1, 0.15) is 38.2 Å². The van der Waals surface area contributed by atoms with E-state index in [-0.39, 0.29) is 0 Å². The highest BCUT2D eigenvalue weighted by Gasteiger charge is 2.12. The fourth-order valence-corrected chi connectivity index (χ4v) is 3.07. The lowest BCUT2D eigenvalue weighted by atomic mass is 10.2. The predicted molar refractivity (Wildman–Crippen MR) is 86.4 cm³/mol. The number of hydrogen-bond acceptors (Lipinski definition) is 4. The quantitative estimate of drug-likeness (QED) is 0.593. The van der Waals surface area contributed by atoms with Crippen molar-refractivity contribution in [2.75, 3.05) is 27.1 Å². The molecular formula is C16H26O3S. The Morgan fingerprint density at radius 3 is 2.05 bits per heavy atom.